The van der Waals surface area contributed by atoms with E-state index in [2.05, 4.69) is 4.98 Å². The maximum atomic E-state index is 12.9. The topological polar surface area (TPSA) is 67.8 Å². The number of para-hydroxylation sites is 1. The summed E-state index contributed by atoms with van der Waals surface area (Å²) in [6, 6.07) is 14.5. The second kappa shape index (κ2) is 6.15. The molecule has 0 aliphatic rings. The number of carbonyl (C=O) groups is 1. The number of furan rings is 1. The lowest BCUT2D eigenvalue weighted by atomic mass is 10.1. The van der Waals surface area contributed by atoms with Gasteiger partial charge in [-0.25, -0.2) is 4.98 Å². The van der Waals surface area contributed by atoms with E-state index in [1.54, 1.807) is 31.4 Å². The van der Waals surface area contributed by atoms with Gasteiger partial charge in [-0.1, -0.05) is 24.3 Å². The highest BCUT2D eigenvalue weighted by Crippen LogP contribution is 2.27. The van der Waals surface area contributed by atoms with Gasteiger partial charge < -0.3 is 9.32 Å². The van der Waals surface area contributed by atoms with Crippen LogP contribution in [0, 0.1) is 0 Å². The van der Waals surface area contributed by atoms with E-state index in [4.69, 9.17) is 4.42 Å². The minimum Gasteiger partial charge on any atom is -0.459 e. The van der Waals surface area contributed by atoms with Crippen molar-refractivity contribution in [1.29, 1.82) is 0 Å². The Labute approximate surface area is 149 Å². The molecule has 0 saturated heterocycles. The Morgan fingerprint density at radius 1 is 1.19 bits per heavy atom. The van der Waals surface area contributed by atoms with Crippen molar-refractivity contribution in [2.75, 3.05) is 7.05 Å². The highest BCUT2D eigenvalue weighted by molar-refractivity contribution is 5.94. The molecule has 130 valence electrons. The number of fused-ring (bicyclic) bond motifs is 2. The van der Waals surface area contributed by atoms with Crippen LogP contribution in [0.3, 0.4) is 0 Å². The molecule has 6 nitrogen and oxygen atoms in total. The summed E-state index contributed by atoms with van der Waals surface area (Å²) in [7, 11) is 1.65. The zero-order valence-electron chi connectivity index (χ0n) is 14.4. The normalized spacial score (nSPS) is 12.4. The number of carbonyl (C=O) groups excluding carboxylic acids is 1. The molecule has 0 N–H and O–H groups in total. The van der Waals surface area contributed by atoms with E-state index < -0.39 is 5.91 Å². The summed E-state index contributed by atoms with van der Waals surface area (Å²) in [5.41, 5.74) is 0.910. The van der Waals surface area contributed by atoms with Crippen molar-refractivity contribution in [2.24, 2.45) is 0 Å². The minimum absolute atomic E-state index is 0.0270. The molecule has 1 aromatic carbocycles. The molecule has 1 atom stereocenters. The molecule has 0 aliphatic carbocycles. The first-order valence-electron chi connectivity index (χ1n) is 8.28. The second-order valence-corrected chi connectivity index (χ2v) is 6.18. The van der Waals surface area contributed by atoms with Crippen molar-refractivity contribution in [3.63, 3.8) is 0 Å². The number of amides is 1. The van der Waals surface area contributed by atoms with Crippen LogP contribution in [0.1, 0.15) is 29.1 Å². The molecule has 0 radical (unpaired) electrons. The van der Waals surface area contributed by atoms with Crippen molar-refractivity contribution >= 4 is 22.5 Å². The SMILES string of the molecule is CC(c1cc2ccccc2o1)N(C)C(=O)c1cnc2ccccn2c1=O. The van der Waals surface area contributed by atoms with Crippen molar-refractivity contribution < 1.29 is 9.21 Å². The summed E-state index contributed by atoms with van der Waals surface area (Å²) in [6.07, 6.45) is 2.94. The molecule has 4 aromatic rings. The second-order valence-electron chi connectivity index (χ2n) is 6.18. The number of nitrogens with zero attached hydrogens (tertiary/aromatic N) is 3. The largest absolute Gasteiger partial charge is 0.459 e. The third-order valence-corrected chi connectivity index (χ3v) is 4.60. The standard InChI is InChI=1S/C20H17N3O3/c1-13(17-11-14-7-3-4-8-16(14)26-17)22(2)19(24)15-12-21-18-9-5-6-10-23(18)20(15)25/h3-13H,1-2H3. The van der Waals surface area contributed by atoms with Crippen LogP contribution in [0.25, 0.3) is 16.6 Å². The molecule has 0 aliphatic heterocycles. The van der Waals surface area contributed by atoms with Gasteiger partial charge in [-0.15, -0.1) is 0 Å². The smallest absolute Gasteiger partial charge is 0.270 e. The van der Waals surface area contributed by atoms with Gasteiger partial charge in [0.1, 0.15) is 22.6 Å². The number of hydrogen-bond acceptors (Lipinski definition) is 4. The fraction of sp³-hybridized carbons (Fsp3) is 0.150. The van der Waals surface area contributed by atoms with Crippen LogP contribution in [0.2, 0.25) is 0 Å². The quantitative estimate of drug-likeness (QED) is 0.570. The van der Waals surface area contributed by atoms with Crippen LogP contribution < -0.4 is 5.56 Å². The first kappa shape index (κ1) is 16.1. The predicted molar refractivity (Wildman–Crippen MR) is 98.2 cm³/mol. The molecular formula is C20H17N3O3. The lowest BCUT2D eigenvalue weighted by Crippen LogP contribution is -2.34. The zero-order chi connectivity index (χ0) is 18.3. The van der Waals surface area contributed by atoms with Gasteiger partial charge in [0.05, 0.1) is 6.04 Å². The lowest BCUT2D eigenvalue weighted by molar-refractivity contribution is 0.0725. The van der Waals surface area contributed by atoms with E-state index in [0.717, 1.165) is 11.0 Å². The summed E-state index contributed by atoms with van der Waals surface area (Å²) in [5, 5.41) is 0.975. The average molecular weight is 347 g/mol. The van der Waals surface area contributed by atoms with E-state index >= 15 is 0 Å². The monoisotopic (exact) mass is 347 g/mol. The summed E-state index contributed by atoms with van der Waals surface area (Å²) in [5.74, 6) is 0.268. The van der Waals surface area contributed by atoms with Gasteiger partial charge >= 0.3 is 0 Å². The van der Waals surface area contributed by atoms with E-state index in [-0.39, 0.29) is 17.2 Å². The molecule has 1 unspecified atom stereocenters. The van der Waals surface area contributed by atoms with Gasteiger partial charge in [-0.3, -0.25) is 14.0 Å². The van der Waals surface area contributed by atoms with Crippen molar-refractivity contribution in [2.45, 2.75) is 13.0 Å². The van der Waals surface area contributed by atoms with Crippen LogP contribution in [0.15, 0.2) is 70.1 Å². The molecule has 1 amide bonds. The van der Waals surface area contributed by atoms with Gasteiger partial charge in [0.2, 0.25) is 0 Å². The third-order valence-electron chi connectivity index (χ3n) is 4.60. The highest BCUT2D eigenvalue weighted by Gasteiger charge is 2.24. The fourth-order valence-corrected chi connectivity index (χ4v) is 2.94. The van der Waals surface area contributed by atoms with E-state index in [1.807, 2.05) is 37.3 Å². The fourth-order valence-electron chi connectivity index (χ4n) is 2.94. The van der Waals surface area contributed by atoms with Crippen LogP contribution in [0.5, 0.6) is 0 Å². The summed E-state index contributed by atoms with van der Waals surface area (Å²) < 4.78 is 7.21. The average Bonchev–Trinajstić information content (AvgIpc) is 3.11. The number of rotatable bonds is 3. The van der Waals surface area contributed by atoms with E-state index in [0.29, 0.717) is 11.4 Å². The molecule has 4 rings (SSSR count). The molecule has 26 heavy (non-hydrogen) atoms. The summed E-state index contributed by atoms with van der Waals surface area (Å²) in [6.45, 7) is 1.86. The Hall–Kier alpha value is -3.41. The molecule has 0 spiro atoms. The van der Waals surface area contributed by atoms with Crippen molar-refractivity contribution in [1.82, 2.24) is 14.3 Å². The predicted octanol–water partition coefficient (Wildman–Crippen LogP) is 3.27. The summed E-state index contributed by atoms with van der Waals surface area (Å²) in [4.78, 5) is 31.2. The summed E-state index contributed by atoms with van der Waals surface area (Å²) >= 11 is 0. The van der Waals surface area contributed by atoms with Crippen LogP contribution in [0.4, 0.5) is 0 Å². The third kappa shape index (κ3) is 2.56. The maximum absolute atomic E-state index is 12.9. The lowest BCUT2D eigenvalue weighted by Gasteiger charge is -2.23. The van der Waals surface area contributed by atoms with Crippen LogP contribution >= 0.6 is 0 Å². The molecule has 3 heterocycles. The minimum atomic E-state index is -0.395. The van der Waals surface area contributed by atoms with Gasteiger partial charge in [0.25, 0.3) is 11.5 Å². The molecule has 0 bridgehead atoms. The number of benzene rings is 1. The van der Waals surface area contributed by atoms with Crippen LogP contribution in [-0.2, 0) is 0 Å². The Morgan fingerprint density at radius 2 is 1.96 bits per heavy atom. The zero-order valence-corrected chi connectivity index (χ0v) is 14.4. The molecule has 6 heteroatoms. The van der Waals surface area contributed by atoms with E-state index in [9.17, 15) is 9.59 Å². The Kier molecular flexibility index (Phi) is 3.80. The first-order valence-corrected chi connectivity index (χ1v) is 8.28. The van der Waals surface area contributed by atoms with Gasteiger partial charge in [-0.05, 0) is 31.2 Å². The van der Waals surface area contributed by atoms with Crippen molar-refractivity contribution in [3.8, 4) is 0 Å². The number of pyridine rings is 1. The molecule has 0 fully saturated rings. The van der Waals surface area contributed by atoms with Crippen LogP contribution in [-0.4, -0.2) is 27.2 Å². The Morgan fingerprint density at radius 3 is 2.77 bits per heavy atom. The maximum Gasteiger partial charge on any atom is 0.270 e. The molecule has 3 aromatic heterocycles. The van der Waals surface area contributed by atoms with Gasteiger partial charge in [0.15, 0.2) is 0 Å². The Balaban J connectivity index is 1.69. The van der Waals surface area contributed by atoms with Crippen molar-refractivity contribution in [3.05, 3.63) is 82.6 Å². The molecular weight excluding hydrogens is 330 g/mol. The Bertz CT molecular complexity index is 1140. The number of hydrogen-bond donors (Lipinski definition) is 0. The first-order chi connectivity index (χ1) is 12.6. The van der Waals surface area contributed by atoms with E-state index in [1.165, 1.54) is 15.5 Å². The highest BCUT2D eigenvalue weighted by atomic mass is 16.3. The molecule has 0 saturated carbocycles. The van der Waals surface area contributed by atoms with Gasteiger partial charge in [0, 0.05) is 24.8 Å². The van der Waals surface area contributed by atoms with Gasteiger partial charge in [-0.2, -0.15) is 0 Å². The number of aromatic nitrogens is 2.